The summed E-state index contributed by atoms with van der Waals surface area (Å²) in [5.41, 5.74) is -4.13. The average molecular weight is 1690 g/mol. The molecule has 4 aliphatic heterocycles. The molecule has 2 aromatic carbocycles. The highest BCUT2D eigenvalue weighted by Crippen LogP contribution is 2.59. The van der Waals surface area contributed by atoms with E-state index < -0.39 is 111 Å². The number of pyridine rings is 2. The number of esters is 2. The summed E-state index contributed by atoms with van der Waals surface area (Å²) in [4.78, 5) is 127. The summed E-state index contributed by atoms with van der Waals surface area (Å²) < 4.78 is 102. The fraction of sp³-hybridized carbons (Fsp3) is 0.651. The number of nitrogens with one attached hydrogen (secondary N) is 2. The Bertz CT molecular complexity index is 4380. The minimum Gasteiger partial charge on any atom is -0.475 e. The molecule has 0 radical (unpaired) electrons. The SMILES string of the molecule is COCCOc1cc2c(Cl)cccc2c(O[C@@H]2C[C@H]3C(=O)C[C@]4(C(=O)NS(=O)(=O)C5(C)CC5)C[C@H]4/C=C\CC[C@@H](C)C[C@@H](C)[C@H](CC(=O)OC(C)(C)C)C(=O)N3C2)n1.COCCOc1cc2c(Cl)cccc2c(O[C@@H]2C[C@H]3C(=O)C[C@]4(C(=O)NS(=O)(=O)C5(C)CC5)C[C@H]4/C=C\CC[C@H](C)C[C@@H](C)[C@H](CC(=O)OC(C)(C)C)C(=O)N3C2)n1. The highest BCUT2D eigenvalue weighted by molar-refractivity contribution is 7.92. The third-order valence-corrected chi connectivity index (χ3v) is 29.3. The Morgan fingerprint density at radius 1 is 0.543 bits per heavy atom. The van der Waals surface area contributed by atoms with Crippen LogP contribution < -0.4 is 28.4 Å². The maximum Gasteiger partial charge on any atom is 0.307 e. The molecule has 4 saturated carbocycles. The number of amides is 4. The van der Waals surface area contributed by atoms with E-state index in [4.69, 9.17) is 61.1 Å². The second kappa shape index (κ2) is 35.8. The first-order valence-electron chi connectivity index (χ1n) is 40.8. The Hall–Kier alpha value is -7.50. The van der Waals surface area contributed by atoms with E-state index in [1.165, 1.54) is 9.80 Å². The Morgan fingerprint density at radius 3 is 1.26 bits per heavy atom. The van der Waals surface area contributed by atoms with Gasteiger partial charge in [0.15, 0.2) is 11.6 Å². The number of hydrogen-bond acceptors (Lipinski definition) is 22. The predicted octanol–water partition coefficient (Wildman–Crippen LogP) is 13.2. The van der Waals surface area contributed by atoms with Crippen molar-refractivity contribution in [1.82, 2.24) is 29.2 Å². The Kier molecular flexibility index (Phi) is 27.6. The molecule has 4 aromatic rings. The molecule has 6 heterocycles. The molecule has 0 unspecified atom stereocenters. The molecule has 30 heteroatoms. The lowest BCUT2D eigenvalue weighted by molar-refractivity contribution is -0.160. The zero-order valence-electron chi connectivity index (χ0n) is 69.4. The summed E-state index contributed by atoms with van der Waals surface area (Å²) in [6.07, 6.45) is 12.4. The van der Waals surface area contributed by atoms with Crippen molar-refractivity contribution in [3.8, 4) is 23.5 Å². The quantitative estimate of drug-likeness (QED) is 0.0419. The molecule has 2 N–H and O–H groups in total. The van der Waals surface area contributed by atoms with E-state index >= 15 is 0 Å². The molecule has 6 fully saturated rings. The Labute approximate surface area is 692 Å². The standard InChI is InChI=1S/2C43H58ClN3O10S/c2*1-26-11-8-9-12-28-23-43(28,40(51)46-58(52,53)42(6)15-16-42)24-35(48)34-20-29(25-47(34)39(50)31(27(2)19-26)22-37(49)57-41(3,4)5)56-38-30-13-10-14-33(44)32(30)21-36(45-38)55-18-17-54-7/h2*9-10,12-14,21,26-29,31,34H,8,11,15-20,22-25H2,1-7H3,(H,46,51)/b2*12-9-/t26-,27+,28+,29+,31-,34-,43+;26-,27-,28-,29-,31+,34+,43-/m01/s1. The van der Waals surface area contributed by atoms with Gasteiger partial charge in [0.2, 0.25) is 67.2 Å². The molecule has 4 amide bonds. The Morgan fingerprint density at radius 2 is 0.914 bits per heavy atom. The van der Waals surface area contributed by atoms with Gasteiger partial charge in [-0.25, -0.2) is 16.8 Å². The minimum atomic E-state index is -3.97. The predicted molar refractivity (Wildman–Crippen MR) is 438 cm³/mol. The van der Waals surface area contributed by atoms with Crippen LogP contribution in [0, 0.1) is 58.2 Å². The van der Waals surface area contributed by atoms with Gasteiger partial charge in [-0.3, -0.25) is 47.8 Å². The number of carbonyl (C=O) groups excluding carboxylic acids is 8. The van der Waals surface area contributed by atoms with Gasteiger partial charge in [0, 0.05) is 83.6 Å². The van der Waals surface area contributed by atoms with Crippen molar-refractivity contribution in [1.29, 1.82) is 0 Å². The van der Waals surface area contributed by atoms with E-state index in [1.54, 1.807) is 106 Å². The first-order valence-corrected chi connectivity index (χ1v) is 44.6. The lowest BCUT2D eigenvalue weighted by atomic mass is 9.82. The number of ketones is 2. The van der Waals surface area contributed by atoms with Crippen molar-refractivity contribution < 1.29 is 93.1 Å². The minimum absolute atomic E-state index is 0.00388. The van der Waals surface area contributed by atoms with Crippen LogP contribution in [0.2, 0.25) is 10.0 Å². The molecule has 2 saturated heterocycles. The molecule has 636 valence electrons. The van der Waals surface area contributed by atoms with Crippen LogP contribution in [0.5, 0.6) is 23.5 Å². The van der Waals surface area contributed by atoms with Gasteiger partial charge in [-0.15, -0.1) is 0 Å². The second-order valence-corrected chi connectivity index (χ2v) is 41.5. The van der Waals surface area contributed by atoms with Crippen molar-refractivity contribution in [2.24, 2.45) is 58.2 Å². The van der Waals surface area contributed by atoms with E-state index in [0.29, 0.717) is 109 Å². The van der Waals surface area contributed by atoms with Gasteiger partial charge < -0.3 is 47.7 Å². The second-order valence-electron chi connectivity index (χ2n) is 36.3. The molecule has 116 heavy (non-hydrogen) atoms. The number of Topliss-reactive ketones (excluding diaryl/α,β-unsaturated/α-hetero) is 2. The molecular weight excluding hydrogens is 1570 g/mol. The molecule has 14 atom stereocenters. The zero-order valence-corrected chi connectivity index (χ0v) is 72.5. The van der Waals surface area contributed by atoms with Crippen molar-refractivity contribution in [3.63, 3.8) is 0 Å². The van der Waals surface area contributed by atoms with E-state index in [1.807, 2.05) is 50.3 Å². The van der Waals surface area contributed by atoms with Crippen molar-refractivity contribution >= 4 is 112 Å². The maximum absolute atomic E-state index is 15.0. The van der Waals surface area contributed by atoms with Gasteiger partial charge in [0.25, 0.3) is 0 Å². The van der Waals surface area contributed by atoms with Crippen LogP contribution in [0.25, 0.3) is 21.5 Å². The summed E-state index contributed by atoms with van der Waals surface area (Å²) in [6.45, 7) is 23.1. The number of sulfonamides is 2. The van der Waals surface area contributed by atoms with E-state index in [9.17, 15) is 55.2 Å². The first kappa shape index (κ1) is 89.3. The van der Waals surface area contributed by atoms with Crippen molar-refractivity contribution in [3.05, 3.63) is 82.9 Å². The van der Waals surface area contributed by atoms with E-state index in [2.05, 4.69) is 33.3 Å². The summed E-state index contributed by atoms with van der Waals surface area (Å²) in [7, 11) is -4.82. The third kappa shape index (κ3) is 21.2. The number of nitrogens with zero attached hydrogens (tertiary/aromatic N) is 4. The number of rotatable bonds is 22. The van der Waals surface area contributed by atoms with Crippen molar-refractivity contribution in [2.75, 3.05) is 53.7 Å². The smallest absolute Gasteiger partial charge is 0.307 e. The number of aromatic nitrogens is 2. The van der Waals surface area contributed by atoms with Gasteiger partial charge in [0.1, 0.15) is 36.6 Å². The molecular formula is C86H116Cl2N6O20S2. The number of hydrogen-bond donors (Lipinski definition) is 2. The van der Waals surface area contributed by atoms with Crippen LogP contribution in [-0.2, 0) is 77.4 Å². The van der Waals surface area contributed by atoms with Gasteiger partial charge in [-0.2, -0.15) is 9.97 Å². The number of halogens is 2. The molecule has 2 aromatic heterocycles. The third-order valence-electron chi connectivity index (χ3n) is 24.4. The largest absolute Gasteiger partial charge is 0.475 e. The number of allylic oxidation sites excluding steroid dienone is 4. The lowest BCUT2D eigenvalue weighted by Gasteiger charge is -2.32. The molecule has 26 nitrogen and oxygen atoms in total. The topological polar surface area (TPSA) is 335 Å². The van der Waals surface area contributed by atoms with Crippen LogP contribution in [0.3, 0.4) is 0 Å². The van der Waals surface area contributed by atoms with Crippen molar-refractivity contribution in [2.45, 2.75) is 244 Å². The van der Waals surface area contributed by atoms with Crippen LogP contribution in [0.1, 0.15) is 199 Å². The van der Waals surface area contributed by atoms with Gasteiger partial charge in [0.05, 0.1) is 83.4 Å². The number of fused-ring (bicyclic) bond motifs is 6. The average Bonchev–Trinajstić information content (AvgIpc) is 1.57. The fourth-order valence-corrected chi connectivity index (χ4v) is 19.9. The maximum atomic E-state index is 15.0. The number of methoxy groups -OCH3 is 2. The van der Waals surface area contributed by atoms with Crippen LogP contribution in [0.15, 0.2) is 72.8 Å². The van der Waals surface area contributed by atoms with Crippen LogP contribution in [0.4, 0.5) is 0 Å². The molecule has 12 rings (SSSR count). The molecule has 4 aliphatic carbocycles. The molecule has 8 aliphatic rings. The normalized spacial score (nSPS) is 29.3. The van der Waals surface area contributed by atoms with E-state index in [-0.39, 0.29) is 147 Å². The van der Waals surface area contributed by atoms with Crippen LogP contribution >= 0.6 is 23.2 Å². The number of ether oxygens (including phenoxy) is 8. The highest BCUT2D eigenvalue weighted by atomic mass is 35.5. The Balaban J connectivity index is 0.000000228. The van der Waals surface area contributed by atoms with Gasteiger partial charge in [-0.1, -0.05) is 87.3 Å². The summed E-state index contributed by atoms with van der Waals surface area (Å²) in [6, 6.07) is 12.0. The lowest BCUT2D eigenvalue weighted by Crippen LogP contribution is -2.48. The molecule has 0 spiro atoms. The summed E-state index contributed by atoms with van der Waals surface area (Å²) in [5.74, 6) is -5.46. The van der Waals surface area contributed by atoms with Gasteiger partial charge >= 0.3 is 11.9 Å². The zero-order chi connectivity index (χ0) is 84.4. The fourth-order valence-electron chi connectivity index (χ4n) is 16.8. The highest BCUT2D eigenvalue weighted by Gasteiger charge is 2.65. The number of benzene rings is 2. The monoisotopic (exact) mass is 1690 g/mol. The molecule has 0 bridgehead atoms. The van der Waals surface area contributed by atoms with Gasteiger partial charge in [-0.05, 0) is 192 Å². The summed E-state index contributed by atoms with van der Waals surface area (Å²) >= 11 is 13.2. The summed E-state index contributed by atoms with van der Waals surface area (Å²) in [5, 5.41) is 3.39. The van der Waals surface area contributed by atoms with E-state index in [0.717, 1.165) is 12.8 Å². The van der Waals surface area contributed by atoms with Crippen LogP contribution in [-0.4, -0.2) is 182 Å². The number of carbonyl (C=O) groups is 8. The first-order chi connectivity index (χ1) is 54.5.